The van der Waals surface area contributed by atoms with Crippen LogP contribution < -0.4 is 4.74 Å². The Morgan fingerprint density at radius 1 is 0.920 bits per heavy atom. The molecule has 2 saturated heterocycles. The maximum Gasteiger partial charge on any atom is 0.119 e. The van der Waals surface area contributed by atoms with E-state index in [2.05, 4.69) is 36.4 Å². The number of hydrogen-bond acceptors (Lipinski definition) is 2. The predicted molar refractivity (Wildman–Crippen MR) is 95.6 cm³/mol. The fraction of sp³-hybridized carbons (Fsp3) is 0.455. The summed E-state index contributed by atoms with van der Waals surface area (Å²) >= 11 is 0. The average molecular weight is 334 g/mol. The molecule has 3 heteroatoms. The molecule has 4 bridgehead atoms. The largest absolute Gasteiger partial charge is 0.489 e. The third-order valence-corrected chi connectivity index (χ3v) is 6.58. The summed E-state index contributed by atoms with van der Waals surface area (Å²) in [5.41, 5.74) is 2.82. The van der Waals surface area contributed by atoms with Crippen LogP contribution in [0.15, 0.2) is 54.6 Å². The SMILES string of the molecule is [O]N1[C@@H]2CC3C[C@H]1CC(c1ccc(OCc4ccccc4)cc1)(C3)C2. The number of benzene rings is 2. The zero-order chi connectivity index (χ0) is 16.9. The van der Waals surface area contributed by atoms with Crippen LogP contribution in [0.25, 0.3) is 0 Å². The van der Waals surface area contributed by atoms with Crippen molar-refractivity contribution in [2.24, 2.45) is 5.92 Å². The molecule has 4 fully saturated rings. The molecule has 0 amide bonds. The number of hydrogen-bond donors (Lipinski definition) is 0. The van der Waals surface area contributed by atoms with Crippen molar-refractivity contribution in [1.29, 1.82) is 0 Å². The van der Waals surface area contributed by atoms with Gasteiger partial charge in [0.15, 0.2) is 0 Å². The van der Waals surface area contributed by atoms with Crippen molar-refractivity contribution >= 4 is 0 Å². The smallest absolute Gasteiger partial charge is 0.119 e. The van der Waals surface area contributed by atoms with E-state index >= 15 is 0 Å². The minimum Gasteiger partial charge on any atom is -0.489 e. The van der Waals surface area contributed by atoms with Crippen LogP contribution in [-0.4, -0.2) is 17.1 Å². The van der Waals surface area contributed by atoms with Crippen molar-refractivity contribution < 1.29 is 9.94 Å². The summed E-state index contributed by atoms with van der Waals surface area (Å²) in [6, 6.07) is 19.4. The van der Waals surface area contributed by atoms with Gasteiger partial charge in [-0.3, -0.25) is 0 Å². The quantitative estimate of drug-likeness (QED) is 0.825. The van der Waals surface area contributed by atoms with Crippen LogP contribution in [0.5, 0.6) is 5.75 Å². The van der Waals surface area contributed by atoms with Gasteiger partial charge in [0.1, 0.15) is 12.4 Å². The summed E-state index contributed by atoms with van der Waals surface area (Å²) in [4.78, 5) is 0. The Bertz CT molecular complexity index is 726. The average Bonchev–Trinajstić information content (AvgIpc) is 2.65. The molecular weight excluding hydrogens is 310 g/mol. The lowest BCUT2D eigenvalue weighted by Crippen LogP contribution is -2.61. The molecule has 4 atom stereocenters. The minimum atomic E-state index is 0.232. The molecule has 2 heterocycles. The lowest BCUT2D eigenvalue weighted by atomic mass is 9.54. The van der Waals surface area contributed by atoms with Crippen molar-refractivity contribution in [3.63, 3.8) is 0 Å². The van der Waals surface area contributed by atoms with Crippen molar-refractivity contribution in [3.05, 3.63) is 65.7 Å². The molecule has 2 saturated carbocycles. The van der Waals surface area contributed by atoms with Gasteiger partial charge in [0.05, 0.1) is 0 Å². The van der Waals surface area contributed by atoms with Gasteiger partial charge in [-0.05, 0) is 66.7 Å². The van der Waals surface area contributed by atoms with Gasteiger partial charge in [0, 0.05) is 12.1 Å². The van der Waals surface area contributed by atoms with E-state index in [1.165, 1.54) is 22.6 Å². The van der Waals surface area contributed by atoms with Crippen molar-refractivity contribution in [2.75, 3.05) is 0 Å². The van der Waals surface area contributed by atoms with E-state index in [1.54, 1.807) is 0 Å². The standard InChI is InChI=1S/C22H24NO2/c24-23-19-10-17-11-20(23)14-22(12-17,13-19)18-6-8-21(9-7-18)25-15-16-4-2-1-3-5-16/h1-9,17,19-20H,10-15H2/t17?,19-,20+,22?. The lowest BCUT2D eigenvalue weighted by molar-refractivity contribution is -0.276. The summed E-state index contributed by atoms with van der Waals surface area (Å²) in [5.74, 6) is 1.67. The maximum atomic E-state index is 12.3. The molecule has 4 aliphatic rings. The molecule has 0 N–H and O–H groups in total. The van der Waals surface area contributed by atoms with Gasteiger partial charge in [-0.1, -0.05) is 42.5 Å². The lowest BCUT2D eigenvalue weighted by Gasteiger charge is -2.59. The van der Waals surface area contributed by atoms with Crippen LogP contribution in [0.3, 0.4) is 0 Å². The molecule has 3 nitrogen and oxygen atoms in total. The molecule has 2 aliphatic heterocycles. The molecule has 6 rings (SSSR count). The van der Waals surface area contributed by atoms with Crippen LogP contribution in [0.1, 0.15) is 43.2 Å². The Hall–Kier alpha value is -1.84. The van der Waals surface area contributed by atoms with E-state index in [-0.39, 0.29) is 17.5 Å². The number of ether oxygens (including phenoxy) is 1. The summed E-state index contributed by atoms with van der Waals surface area (Å²) < 4.78 is 5.92. The van der Waals surface area contributed by atoms with Crippen LogP contribution in [0.4, 0.5) is 0 Å². The summed E-state index contributed by atoms with van der Waals surface area (Å²) in [6.07, 6.45) is 5.56. The molecule has 2 unspecified atom stereocenters. The van der Waals surface area contributed by atoms with Crippen molar-refractivity contribution in [1.82, 2.24) is 5.06 Å². The number of piperidine rings is 2. The second-order valence-electron chi connectivity index (χ2n) is 8.20. The van der Waals surface area contributed by atoms with Gasteiger partial charge in [0.2, 0.25) is 0 Å². The van der Waals surface area contributed by atoms with Crippen LogP contribution in [-0.2, 0) is 17.2 Å². The second-order valence-corrected chi connectivity index (χ2v) is 8.20. The number of nitrogens with zero attached hydrogens (tertiary/aromatic N) is 1. The van der Waals surface area contributed by atoms with Gasteiger partial charge in [-0.25, -0.2) is 0 Å². The van der Waals surface area contributed by atoms with E-state index in [9.17, 15) is 5.21 Å². The minimum absolute atomic E-state index is 0.232. The summed E-state index contributed by atoms with van der Waals surface area (Å²) in [5, 5.41) is 13.7. The fourth-order valence-corrected chi connectivity index (χ4v) is 5.59. The molecule has 1 radical (unpaired) electrons. The third kappa shape index (κ3) is 2.66. The molecule has 2 aliphatic carbocycles. The Balaban J connectivity index is 1.32. The highest BCUT2D eigenvalue weighted by Crippen LogP contribution is 2.56. The van der Waals surface area contributed by atoms with E-state index < -0.39 is 0 Å². The molecule has 0 spiro atoms. The normalized spacial score (nSPS) is 33.6. The van der Waals surface area contributed by atoms with Crippen LogP contribution in [0.2, 0.25) is 0 Å². The summed E-state index contributed by atoms with van der Waals surface area (Å²) in [7, 11) is 0. The fourth-order valence-electron chi connectivity index (χ4n) is 5.59. The molecule has 25 heavy (non-hydrogen) atoms. The van der Waals surface area contributed by atoms with Crippen LogP contribution in [0, 0.1) is 5.92 Å². The van der Waals surface area contributed by atoms with E-state index in [4.69, 9.17) is 4.74 Å². The van der Waals surface area contributed by atoms with Gasteiger partial charge in [-0.2, -0.15) is 0 Å². The molecule has 0 aromatic heterocycles. The highest BCUT2D eigenvalue weighted by molar-refractivity contribution is 5.35. The first-order chi connectivity index (χ1) is 12.2. The zero-order valence-corrected chi connectivity index (χ0v) is 14.4. The zero-order valence-electron chi connectivity index (χ0n) is 14.4. The first kappa shape index (κ1) is 15.4. The van der Waals surface area contributed by atoms with E-state index in [0.717, 1.165) is 37.4 Å². The Labute approximate surface area is 149 Å². The number of rotatable bonds is 4. The Morgan fingerprint density at radius 2 is 1.60 bits per heavy atom. The predicted octanol–water partition coefficient (Wildman–Crippen LogP) is 4.50. The molecular formula is C22H24NO2. The van der Waals surface area contributed by atoms with E-state index in [1.807, 2.05) is 18.2 Å². The molecule has 2 aromatic rings. The molecule has 2 aromatic carbocycles. The first-order valence-electron chi connectivity index (χ1n) is 9.45. The van der Waals surface area contributed by atoms with E-state index in [0.29, 0.717) is 6.61 Å². The highest BCUT2D eigenvalue weighted by Gasteiger charge is 2.55. The highest BCUT2D eigenvalue weighted by atomic mass is 16.5. The van der Waals surface area contributed by atoms with Gasteiger partial charge in [0.25, 0.3) is 0 Å². The van der Waals surface area contributed by atoms with Crippen molar-refractivity contribution in [2.45, 2.75) is 56.2 Å². The van der Waals surface area contributed by atoms with Crippen LogP contribution >= 0.6 is 0 Å². The number of hydroxylamine groups is 2. The van der Waals surface area contributed by atoms with Crippen molar-refractivity contribution in [3.8, 4) is 5.75 Å². The van der Waals surface area contributed by atoms with Gasteiger partial charge < -0.3 is 4.74 Å². The summed E-state index contributed by atoms with van der Waals surface area (Å²) in [6.45, 7) is 0.600. The Kier molecular flexibility index (Phi) is 3.61. The Morgan fingerprint density at radius 3 is 2.28 bits per heavy atom. The first-order valence-corrected chi connectivity index (χ1v) is 9.45. The second kappa shape index (κ2) is 5.86. The van der Waals surface area contributed by atoms with Gasteiger partial charge >= 0.3 is 0 Å². The van der Waals surface area contributed by atoms with Gasteiger partial charge in [-0.15, -0.1) is 10.3 Å². The topological polar surface area (TPSA) is 32.4 Å². The third-order valence-electron chi connectivity index (χ3n) is 6.58. The monoisotopic (exact) mass is 334 g/mol. The molecule has 129 valence electrons. The maximum absolute atomic E-state index is 12.3.